The number of piperidine rings is 1. The van der Waals surface area contributed by atoms with Gasteiger partial charge in [-0.25, -0.2) is 0 Å². The molecule has 1 heterocycles. The first-order valence-electron chi connectivity index (χ1n) is 9.21. The second-order valence-electron chi connectivity index (χ2n) is 7.27. The van der Waals surface area contributed by atoms with E-state index in [2.05, 4.69) is 42.2 Å². The van der Waals surface area contributed by atoms with Gasteiger partial charge >= 0.3 is 0 Å². The molecule has 2 unspecified atom stereocenters. The number of likely N-dealkylation sites (tertiary alicyclic amines) is 1. The van der Waals surface area contributed by atoms with Crippen molar-refractivity contribution in [2.75, 3.05) is 19.6 Å². The van der Waals surface area contributed by atoms with Crippen LogP contribution in [0.2, 0.25) is 0 Å². The summed E-state index contributed by atoms with van der Waals surface area (Å²) in [5.41, 5.74) is 2.49. The Morgan fingerprint density at radius 1 is 0.958 bits per heavy atom. The van der Waals surface area contributed by atoms with Gasteiger partial charge in [0.1, 0.15) is 0 Å². The van der Waals surface area contributed by atoms with Crippen molar-refractivity contribution in [1.82, 2.24) is 4.90 Å². The van der Waals surface area contributed by atoms with Crippen molar-refractivity contribution >= 4 is 0 Å². The lowest BCUT2D eigenvalue weighted by Crippen LogP contribution is -2.38. The monoisotopic (exact) mass is 323 g/mol. The molecule has 1 N–H and O–H groups in total. The molecular formula is C22H29NO. The molecule has 0 aromatic heterocycles. The van der Waals surface area contributed by atoms with Crippen LogP contribution < -0.4 is 0 Å². The third kappa shape index (κ3) is 4.68. The molecule has 0 radical (unpaired) electrons. The Labute approximate surface area is 146 Å². The number of benzene rings is 2. The van der Waals surface area contributed by atoms with Crippen molar-refractivity contribution in [1.29, 1.82) is 0 Å². The lowest BCUT2D eigenvalue weighted by Gasteiger charge is -2.34. The highest BCUT2D eigenvalue weighted by molar-refractivity contribution is 5.18. The van der Waals surface area contributed by atoms with Crippen molar-refractivity contribution in [2.24, 2.45) is 11.8 Å². The number of aliphatic hydroxyl groups is 1. The van der Waals surface area contributed by atoms with Crippen LogP contribution in [0.3, 0.4) is 0 Å². The predicted octanol–water partition coefficient (Wildman–Crippen LogP) is 4.31. The van der Waals surface area contributed by atoms with Gasteiger partial charge in [0.05, 0.1) is 6.10 Å². The summed E-state index contributed by atoms with van der Waals surface area (Å²) in [5.74, 6) is 1.07. The average molecular weight is 323 g/mol. The lowest BCUT2D eigenvalue weighted by molar-refractivity contribution is 0.0752. The smallest absolute Gasteiger partial charge is 0.0827 e. The van der Waals surface area contributed by atoms with E-state index in [1.165, 1.54) is 24.8 Å². The molecule has 0 saturated carbocycles. The highest BCUT2D eigenvalue weighted by atomic mass is 16.3. The molecule has 2 aromatic rings. The zero-order chi connectivity index (χ0) is 16.8. The number of nitrogens with zero attached hydrogens (tertiary/aromatic N) is 1. The van der Waals surface area contributed by atoms with Gasteiger partial charge in [0.25, 0.3) is 0 Å². The van der Waals surface area contributed by atoms with E-state index in [1.54, 1.807) is 0 Å². The topological polar surface area (TPSA) is 23.5 Å². The fraction of sp³-hybridized carbons (Fsp3) is 0.455. The molecule has 0 bridgehead atoms. The van der Waals surface area contributed by atoms with Crippen LogP contribution >= 0.6 is 0 Å². The van der Waals surface area contributed by atoms with Gasteiger partial charge in [0, 0.05) is 6.54 Å². The Balaban J connectivity index is 1.45. The minimum absolute atomic E-state index is 0.262. The molecule has 1 aliphatic rings. The third-order valence-electron chi connectivity index (χ3n) is 5.30. The van der Waals surface area contributed by atoms with E-state index in [-0.39, 0.29) is 12.0 Å². The molecule has 2 atom stereocenters. The molecule has 2 heteroatoms. The predicted molar refractivity (Wildman–Crippen MR) is 99.9 cm³/mol. The summed E-state index contributed by atoms with van der Waals surface area (Å²) in [7, 11) is 0. The van der Waals surface area contributed by atoms with E-state index in [1.807, 2.05) is 30.3 Å². The van der Waals surface area contributed by atoms with Gasteiger partial charge < -0.3 is 10.0 Å². The summed E-state index contributed by atoms with van der Waals surface area (Å²) in [6, 6.07) is 20.9. The van der Waals surface area contributed by atoms with Crippen LogP contribution in [0.1, 0.15) is 37.0 Å². The SMILES string of the molecule is CC(CN1CCC(Cc2ccccc2)CC1)C(O)c1ccccc1. The first kappa shape index (κ1) is 17.2. The summed E-state index contributed by atoms with van der Waals surface area (Å²) in [6.45, 7) is 5.45. The van der Waals surface area contributed by atoms with Crippen LogP contribution in [-0.4, -0.2) is 29.6 Å². The van der Waals surface area contributed by atoms with Crippen LogP contribution in [0.5, 0.6) is 0 Å². The molecule has 24 heavy (non-hydrogen) atoms. The van der Waals surface area contributed by atoms with Crippen molar-refractivity contribution < 1.29 is 5.11 Å². The fourth-order valence-corrected chi connectivity index (χ4v) is 3.81. The van der Waals surface area contributed by atoms with Crippen molar-refractivity contribution in [2.45, 2.75) is 32.3 Å². The standard InChI is InChI=1S/C22H29NO/c1-18(22(24)21-10-6-3-7-11-21)17-23-14-12-20(13-15-23)16-19-8-4-2-5-9-19/h2-11,18,20,22,24H,12-17H2,1H3. The molecule has 3 rings (SSSR count). The Hall–Kier alpha value is -1.64. The summed E-state index contributed by atoms with van der Waals surface area (Å²) in [6.07, 6.45) is 3.37. The largest absolute Gasteiger partial charge is 0.388 e. The molecule has 0 amide bonds. The van der Waals surface area contributed by atoms with E-state index in [0.717, 1.165) is 31.1 Å². The maximum absolute atomic E-state index is 10.5. The van der Waals surface area contributed by atoms with Crippen LogP contribution in [0.4, 0.5) is 0 Å². The molecular weight excluding hydrogens is 294 g/mol. The maximum Gasteiger partial charge on any atom is 0.0827 e. The van der Waals surface area contributed by atoms with Gasteiger partial charge in [0.15, 0.2) is 0 Å². The minimum Gasteiger partial charge on any atom is -0.388 e. The first-order chi connectivity index (χ1) is 11.7. The summed E-state index contributed by atoms with van der Waals surface area (Å²) < 4.78 is 0. The molecule has 2 aromatic carbocycles. The average Bonchev–Trinajstić information content (AvgIpc) is 2.64. The van der Waals surface area contributed by atoms with E-state index in [0.29, 0.717) is 0 Å². The van der Waals surface area contributed by atoms with Crippen LogP contribution in [0.15, 0.2) is 60.7 Å². The Kier molecular flexibility index (Phi) is 6.06. The van der Waals surface area contributed by atoms with E-state index >= 15 is 0 Å². The zero-order valence-corrected chi connectivity index (χ0v) is 14.6. The highest BCUT2D eigenvalue weighted by Gasteiger charge is 2.23. The number of hydrogen-bond donors (Lipinski definition) is 1. The number of rotatable bonds is 6. The molecule has 128 valence electrons. The normalized spacial score (nSPS) is 19.1. The van der Waals surface area contributed by atoms with E-state index < -0.39 is 0 Å². The first-order valence-corrected chi connectivity index (χ1v) is 9.21. The summed E-state index contributed by atoms with van der Waals surface area (Å²) in [5, 5.41) is 10.5. The van der Waals surface area contributed by atoms with Gasteiger partial charge in [-0.15, -0.1) is 0 Å². The van der Waals surface area contributed by atoms with Crippen molar-refractivity contribution in [3.05, 3.63) is 71.8 Å². The summed E-state index contributed by atoms with van der Waals surface area (Å²) in [4.78, 5) is 2.53. The van der Waals surface area contributed by atoms with Gasteiger partial charge in [0.2, 0.25) is 0 Å². The Morgan fingerprint density at radius 2 is 1.54 bits per heavy atom. The minimum atomic E-state index is -0.367. The van der Waals surface area contributed by atoms with E-state index in [9.17, 15) is 5.11 Å². The Morgan fingerprint density at radius 3 is 2.17 bits per heavy atom. The summed E-state index contributed by atoms with van der Waals surface area (Å²) >= 11 is 0. The zero-order valence-electron chi connectivity index (χ0n) is 14.6. The molecule has 1 aliphatic heterocycles. The maximum atomic E-state index is 10.5. The Bertz CT molecular complexity index is 590. The number of hydrogen-bond acceptors (Lipinski definition) is 2. The molecule has 0 aliphatic carbocycles. The quantitative estimate of drug-likeness (QED) is 0.856. The van der Waals surface area contributed by atoms with E-state index in [4.69, 9.17) is 0 Å². The molecule has 0 spiro atoms. The van der Waals surface area contributed by atoms with Crippen LogP contribution in [0.25, 0.3) is 0 Å². The second-order valence-corrected chi connectivity index (χ2v) is 7.27. The van der Waals surface area contributed by atoms with Gasteiger partial charge in [-0.3, -0.25) is 0 Å². The molecule has 1 saturated heterocycles. The van der Waals surface area contributed by atoms with Crippen LogP contribution in [-0.2, 0) is 6.42 Å². The number of aliphatic hydroxyl groups excluding tert-OH is 1. The van der Waals surface area contributed by atoms with Gasteiger partial charge in [-0.1, -0.05) is 67.6 Å². The second kappa shape index (κ2) is 8.46. The van der Waals surface area contributed by atoms with Crippen LogP contribution in [0, 0.1) is 11.8 Å². The van der Waals surface area contributed by atoms with Gasteiger partial charge in [-0.05, 0) is 55.3 Å². The fourth-order valence-electron chi connectivity index (χ4n) is 3.81. The highest BCUT2D eigenvalue weighted by Crippen LogP contribution is 2.26. The van der Waals surface area contributed by atoms with Crippen molar-refractivity contribution in [3.8, 4) is 0 Å². The molecule has 2 nitrogen and oxygen atoms in total. The third-order valence-corrected chi connectivity index (χ3v) is 5.30. The molecule has 1 fully saturated rings. The lowest BCUT2D eigenvalue weighted by atomic mass is 9.89. The van der Waals surface area contributed by atoms with Gasteiger partial charge in [-0.2, -0.15) is 0 Å². The van der Waals surface area contributed by atoms with Crippen molar-refractivity contribution in [3.63, 3.8) is 0 Å².